The van der Waals surface area contributed by atoms with E-state index in [2.05, 4.69) is 73.3 Å². The smallest absolute Gasteiger partial charge is 0.134 e. The molecule has 0 fully saturated rings. The van der Waals surface area contributed by atoms with Gasteiger partial charge < -0.3 is 5.11 Å². The first-order valence-electron chi connectivity index (χ1n) is 12.6. The number of rotatable bonds is 14. The predicted molar refractivity (Wildman–Crippen MR) is 136 cm³/mol. The van der Waals surface area contributed by atoms with Crippen LogP contribution in [0.5, 0.6) is 0 Å². The molecule has 0 heterocycles. The normalized spacial score (nSPS) is 12.8. The van der Waals surface area contributed by atoms with E-state index in [9.17, 15) is 5.11 Å². The molecule has 1 atom stereocenters. The van der Waals surface area contributed by atoms with E-state index in [-0.39, 0.29) is 0 Å². The molecular weight excluding hydrogens is 378 g/mol. The van der Waals surface area contributed by atoms with Crippen LogP contribution in [0.4, 0.5) is 0 Å². The van der Waals surface area contributed by atoms with Gasteiger partial charge in [0.05, 0.1) is 0 Å². The Morgan fingerprint density at radius 3 is 1.90 bits per heavy atom. The van der Waals surface area contributed by atoms with Crippen LogP contribution >= 0.6 is 0 Å². The van der Waals surface area contributed by atoms with Crippen molar-refractivity contribution in [1.82, 2.24) is 4.90 Å². The summed E-state index contributed by atoms with van der Waals surface area (Å²) in [4.78, 5) is 2.33. The van der Waals surface area contributed by atoms with Gasteiger partial charge in [0, 0.05) is 18.7 Å². The van der Waals surface area contributed by atoms with Crippen LogP contribution in [0.15, 0.2) is 54.6 Å². The van der Waals surface area contributed by atoms with Gasteiger partial charge in [-0.05, 0) is 34.4 Å². The summed E-state index contributed by atoms with van der Waals surface area (Å²) < 4.78 is 0. The molecule has 0 aromatic heterocycles. The van der Waals surface area contributed by atoms with E-state index in [4.69, 9.17) is 0 Å². The van der Waals surface area contributed by atoms with E-state index < -0.39 is 6.23 Å². The molecule has 3 aromatic carbocycles. The zero-order valence-electron chi connectivity index (χ0n) is 19.7. The lowest BCUT2D eigenvalue weighted by molar-refractivity contribution is 0.000478. The number of benzene rings is 3. The summed E-state index contributed by atoms with van der Waals surface area (Å²) in [5, 5.41) is 16.5. The Hall–Kier alpha value is -1.90. The largest absolute Gasteiger partial charge is 0.374 e. The lowest BCUT2D eigenvalue weighted by Gasteiger charge is -2.29. The standard InChI is InChI=1S/C29H41NO/c1-3-5-7-9-13-22-30(23-14-10-8-6-4-2)29(31)27-19-15-17-25-21-20-24-16-11-12-18-26(24)28(25)27/h11-12,15-21,29,31H,3-10,13-14,22-23H2,1-2H3. The molecule has 0 amide bonds. The molecule has 3 rings (SSSR count). The molecule has 3 aromatic rings. The van der Waals surface area contributed by atoms with Crippen LogP contribution in [0, 0.1) is 0 Å². The highest BCUT2D eigenvalue weighted by atomic mass is 16.3. The molecule has 2 heteroatoms. The number of fused-ring (bicyclic) bond motifs is 3. The van der Waals surface area contributed by atoms with Gasteiger partial charge in [-0.25, -0.2) is 0 Å². The Balaban J connectivity index is 1.82. The van der Waals surface area contributed by atoms with Crippen molar-refractivity contribution in [2.45, 2.75) is 84.3 Å². The first kappa shape index (κ1) is 23.8. The van der Waals surface area contributed by atoms with Crippen molar-refractivity contribution >= 4 is 21.5 Å². The van der Waals surface area contributed by atoms with Gasteiger partial charge in [-0.2, -0.15) is 0 Å². The Morgan fingerprint density at radius 1 is 0.645 bits per heavy atom. The van der Waals surface area contributed by atoms with E-state index in [1.165, 1.54) is 72.9 Å². The second kappa shape index (κ2) is 12.8. The highest BCUT2D eigenvalue weighted by Gasteiger charge is 2.20. The zero-order chi connectivity index (χ0) is 21.9. The fraction of sp³-hybridized carbons (Fsp3) is 0.517. The van der Waals surface area contributed by atoms with Gasteiger partial charge in [0.2, 0.25) is 0 Å². The quantitative estimate of drug-likeness (QED) is 0.162. The maximum atomic E-state index is 11.6. The fourth-order valence-electron chi connectivity index (χ4n) is 4.69. The highest BCUT2D eigenvalue weighted by molar-refractivity contribution is 6.09. The lowest BCUT2D eigenvalue weighted by Crippen LogP contribution is -2.31. The van der Waals surface area contributed by atoms with E-state index in [0.29, 0.717) is 0 Å². The molecule has 31 heavy (non-hydrogen) atoms. The highest BCUT2D eigenvalue weighted by Crippen LogP contribution is 2.33. The molecule has 0 bridgehead atoms. The van der Waals surface area contributed by atoms with Gasteiger partial charge in [0.25, 0.3) is 0 Å². The van der Waals surface area contributed by atoms with E-state index in [1.54, 1.807) is 0 Å². The van der Waals surface area contributed by atoms with E-state index in [0.717, 1.165) is 31.5 Å². The summed E-state index contributed by atoms with van der Waals surface area (Å²) in [7, 11) is 0. The number of nitrogens with zero attached hydrogens (tertiary/aromatic N) is 1. The molecule has 0 aliphatic heterocycles. The fourth-order valence-corrected chi connectivity index (χ4v) is 4.69. The van der Waals surface area contributed by atoms with Crippen molar-refractivity contribution in [2.24, 2.45) is 0 Å². The Bertz CT molecular complexity index is 905. The molecule has 0 aliphatic carbocycles. The van der Waals surface area contributed by atoms with Gasteiger partial charge in [0.15, 0.2) is 0 Å². The summed E-state index contributed by atoms with van der Waals surface area (Å²) in [5.41, 5.74) is 1.05. The van der Waals surface area contributed by atoms with E-state index >= 15 is 0 Å². The van der Waals surface area contributed by atoms with Gasteiger partial charge >= 0.3 is 0 Å². The first-order chi connectivity index (χ1) is 15.3. The van der Waals surface area contributed by atoms with Crippen LogP contribution in [0.1, 0.15) is 89.8 Å². The molecule has 0 spiro atoms. The van der Waals surface area contributed by atoms with Crippen molar-refractivity contribution in [3.63, 3.8) is 0 Å². The predicted octanol–water partition coefficient (Wildman–Crippen LogP) is 8.23. The van der Waals surface area contributed by atoms with Crippen LogP contribution in [-0.4, -0.2) is 23.1 Å². The van der Waals surface area contributed by atoms with Crippen molar-refractivity contribution < 1.29 is 5.11 Å². The second-order valence-electron chi connectivity index (χ2n) is 8.97. The first-order valence-corrected chi connectivity index (χ1v) is 12.6. The summed E-state index contributed by atoms with van der Waals surface area (Å²) in [6.07, 6.45) is 12.1. The number of unbranched alkanes of at least 4 members (excludes halogenated alkanes) is 8. The molecule has 168 valence electrons. The van der Waals surface area contributed by atoms with Crippen molar-refractivity contribution in [1.29, 1.82) is 0 Å². The van der Waals surface area contributed by atoms with Crippen molar-refractivity contribution in [2.75, 3.05) is 13.1 Å². The molecule has 0 saturated carbocycles. The maximum absolute atomic E-state index is 11.6. The Labute approximate surface area is 189 Å². The average Bonchev–Trinajstić information content (AvgIpc) is 2.81. The van der Waals surface area contributed by atoms with Gasteiger partial charge in [-0.15, -0.1) is 0 Å². The molecule has 0 saturated heterocycles. The lowest BCUT2D eigenvalue weighted by atomic mass is 9.96. The monoisotopic (exact) mass is 419 g/mol. The molecule has 0 radical (unpaired) electrons. The SMILES string of the molecule is CCCCCCCN(CCCCCCC)C(O)c1cccc2ccc3ccccc3c12. The summed E-state index contributed by atoms with van der Waals surface area (Å²) in [6, 6.07) is 19.3. The van der Waals surface area contributed by atoms with Gasteiger partial charge in [-0.1, -0.05) is 120 Å². The zero-order valence-corrected chi connectivity index (χ0v) is 19.7. The number of aliphatic hydroxyl groups is 1. The Kier molecular flexibility index (Phi) is 9.84. The van der Waals surface area contributed by atoms with Crippen molar-refractivity contribution in [3.05, 3.63) is 60.2 Å². The number of hydrogen-bond donors (Lipinski definition) is 1. The third kappa shape index (κ3) is 6.54. The molecule has 1 unspecified atom stereocenters. The molecule has 2 nitrogen and oxygen atoms in total. The third-order valence-electron chi connectivity index (χ3n) is 6.52. The minimum atomic E-state index is -0.549. The minimum absolute atomic E-state index is 0.549. The van der Waals surface area contributed by atoms with Gasteiger partial charge in [0.1, 0.15) is 6.23 Å². The summed E-state index contributed by atoms with van der Waals surface area (Å²) in [5.74, 6) is 0. The van der Waals surface area contributed by atoms with Gasteiger partial charge in [-0.3, -0.25) is 4.90 Å². The van der Waals surface area contributed by atoms with Crippen molar-refractivity contribution in [3.8, 4) is 0 Å². The molecule has 1 N–H and O–H groups in total. The molecular formula is C29H41NO. The number of aliphatic hydroxyl groups excluding tert-OH is 1. The minimum Gasteiger partial charge on any atom is -0.374 e. The maximum Gasteiger partial charge on any atom is 0.134 e. The summed E-state index contributed by atoms with van der Waals surface area (Å²) in [6.45, 7) is 6.47. The molecule has 0 aliphatic rings. The van der Waals surface area contributed by atoms with E-state index in [1.807, 2.05) is 0 Å². The summed E-state index contributed by atoms with van der Waals surface area (Å²) >= 11 is 0. The second-order valence-corrected chi connectivity index (χ2v) is 8.97. The number of hydrogen-bond acceptors (Lipinski definition) is 2. The topological polar surface area (TPSA) is 23.5 Å². The van der Waals surface area contributed by atoms with Crippen LogP contribution < -0.4 is 0 Å². The van der Waals surface area contributed by atoms with Crippen LogP contribution in [-0.2, 0) is 0 Å². The van der Waals surface area contributed by atoms with Crippen LogP contribution in [0.25, 0.3) is 21.5 Å². The third-order valence-corrected chi connectivity index (χ3v) is 6.52. The average molecular weight is 420 g/mol. The van der Waals surface area contributed by atoms with Crippen LogP contribution in [0.2, 0.25) is 0 Å². The van der Waals surface area contributed by atoms with Crippen LogP contribution in [0.3, 0.4) is 0 Å². The Morgan fingerprint density at radius 2 is 1.23 bits per heavy atom.